The van der Waals surface area contributed by atoms with Crippen LogP contribution in [0.3, 0.4) is 0 Å². The summed E-state index contributed by atoms with van der Waals surface area (Å²) in [6.45, 7) is 12.4. The van der Waals surface area contributed by atoms with Crippen LogP contribution in [0, 0.1) is 0 Å². The molecule has 0 saturated heterocycles. The van der Waals surface area contributed by atoms with E-state index in [-0.39, 0.29) is 5.97 Å². The molecule has 2 atom stereocenters. The van der Waals surface area contributed by atoms with Gasteiger partial charge in [0.1, 0.15) is 11.5 Å². The minimum Gasteiger partial charge on any atom is -0.494 e. The third-order valence-electron chi connectivity index (χ3n) is 9.37. The lowest BCUT2D eigenvalue weighted by Crippen LogP contribution is -2.23. The largest absolute Gasteiger partial charge is 0.494 e. The first-order chi connectivity index (χ1) is 24.9. The molecule has 0 radical (unpaired) electrons. The zero-order chi connectivity index (χ0) is 36.0. The number of fused-ring (bicyclic) bond motifs is 3. The second-order valence-corrected chi connectivity index (χ2v) is 12.9. The molecule has 0 aromatic heterocycles. The zero-order valence-corrected chi connectivity index (χ0v) is 30.0. The Morgan fingerprint density at radius 3 is 1.75 bits per heavy atom. The summed E-state index contributed by atoms with van der Waals surface area (Å²) in [5.74, 6) is 1.01. The molecule has 0 bridgehead atoms. The normalized spacial score (nSPS) is 13.4. The highest BCUT2D eigenvalue weighted by Gasteiger charge is 2.28. The molecule has 0 heterocycles. The van der Waals surface area contributed by atoms with E-state index in [9.17, 15) is 9.59 Å². The van der Waals surface area contributed by atoms with Crippen molar-refractivity contribution in [2.75, 3.05) is 13.2 Å². The van der Waals surface area contributed by atoms with Gasteiger partial charge in [-0.1, -0.05) is 88.4 Å². The highest BCUT2D eigenvalue weighted by atomic mass is 16.7. The van der Waals surface area contributed by atoms with Gasteiger partial charge in [-0.15, -0.1) is 0 Å². The molecule has 0 fully saturated rings. The SMILES string of the molecule is C=CC(=O)OCCCCCCOc1ccc(-c2ccc3c(c2)C(CC)c2cc(-c4ccc(OC(CCCCC)OC(=O)C=C)cc4)ccc2-3)cc1. The van der Waals surface area contributed by atoms with Crippen molar-refractivity contribution in [3.05, 3.63) is 121 Å². The van der Waals surface area contributed by atoms with Crippen molar-refractivity contribution in [1.82, 2.24) is 0 Å². The minimum absolute atomic E-state index is 0.317. The van der Waals surface area contributed by atoms with Crippen molar-refractivity contribution >= 4 is 11.9 Å². The summed E-state index contributed by atoms with van der Waals surface area (Å²) in [5, 5.41) is 0. The van der Waals surface area contributed by atoms with Crippen molar-refractivity contribution in [2.24, 2.45) is 0 Å². The van der Waals surface area contributed by atoms with E-state index < -0.39 is 12.3 Å². The first-order valence-corrected chi connectivity index (χ1v) is 18.3. The molecule has 0 aliphatic heterocycles. The van der Waals surface area contributed by atoms with E-state index in [1.54, 1.807) is 0 Å². The molecule has 1 aliphatic rings. The Morgan fingerprint density at radius 1 is 0.647 bits per heavy atom. The second-order valence-electron chi connectivity index (χ2n) is 12.9. The van der Waals surface area contributed by atoms with Gasteiger partial charge in [0, 0.05) is 24.5 Å². The Labute approximate surface area is 303 Å². The molecule has 1 aliphatic carbocycles. The number of rotatable bonds is 20. The van der Waals surface area contributed by atoms with Crippen LogP contribution >= 0.6 is 0 Å². The Kier molecular flexibility index (Phi) is 13.7. The molecular formula is C45H50O6. The standard InChI is InChI=1S/C45H50O6/c1-5-9-12-15-45(51-44(47)8-4)50-37-24-18-33(19-25-37)35-21-27-40-39-26-20-34(30-41(39)38(6-2)42(40)31-35)32-16-22-36(23-17-32)48-28-13-10-11-14-29-49-43(46)7-3/h7-8,16-27,30-31,38,45H,3-6,9-15,28-29H2,1-2H3. The summed E-state index contributed by atoms with van der Waals surface area (Å²) in [7, 11) is 0. The molecule has 266 valence electrons. The van der Waals surface area contributed by atoms with Gasteiger partial charge >= 0.3 is 11.9 Å². The van der Waals surface area contributed by atoms with Gasteiger partial charge in [0.25, 0.3) is 0 Å². The Morgan fingerprint density at radius 2 is 1.20 bits per heavy atom. The lowest BCUT2D eigenvalue weighted by molar-refractivity contribution is -0.158. The molecule has 6 nitrogen and oxygen atoms in total. The van der Waals surface area contributed by atoms with Crippen molar-refractivity contribution in [2.45, 2.75) is 83.8 Å². The van der Waals surface area contributed by atoms with Gasteiger partial charge in [-0.2, -0.15) is 0 Å². The zero-order valence-electron chi connectivity index (χ0n) is 30.0. The maximum absolute atomic E-state index is 11.9. The lowest BCUT2D eigenvalue weighted by atomic mass is 9.91. The van der Waals surface area contributed by atoms with Crippen molar-refractivity contribution in [3.63, 3.8) is 0 Å². The lowest BCUT2D eigenvalue weighted by Gasteiger charge is -2.19. The average molecular weight is 687 g/mol. The van der Waals surface area contributed by atoms with E-state index >= 15 is 0 Å². The van der Waals surface area contributed by atoms with Crippen LogP contribution in [0.1, 0.15) is 88.7 Å². The first-order valence-electron chi connectivity index (χ1n) is 18.3. The molecule has 51 heavy (non-hydrogen) atoms. The van der Waals surface area contributed by atoms with Crippen LogP contribution in [0.2, 0.25) is 0 Å². The first kappa shape index (κ1) is 37.2. The van der Waals surface area contributed by atoms with Crippen molar-refractivity contribution in [3.8, 4) is 44.9 Å². The highest BCUT2D eigenvalue weighted by Crippen LogP contribution is 2.48. The van der Waals surface area contributed by atoms with E-state index in [0.717, 1.165) is 68.2 Å². The van der Waals surface area contributed by atoms with E-state index in [1.807, 2.05) is 24.3 Å². The quantitative estimate of drug-likeness (QED) is 0.0399. The van der Waals surface area contributed by atoms with Crippen LogP contribution in [-0.4, -0.2) is 31.4 Å². The summed E-state index contributed by atoms with van der Waals surface area (Å²) in [6.07, 6.45) is 10.3. The third-order valence-corrected chi connectivity index (χ3v) is 9.37. The smallest absolute Gasteiger partial charge is 0.333 e. The number of benzene rings is 4. The molecule has 4 aromatic carbocycles. The average Bonchev–Trinajstić information content (AvgIpc) is 3.48. The molecule has 4 aromatic rings. The molecule has 0 saturated carbocycles. The molecule has 2 unspecified atom stereocenters. The van der Waals surface area contributed by atoms with Crippen LogP contribution in [0.5, 0.6) is 11.5 Å². The predicted octanol–water partition coefficient (Wildman–Crippen LogP) is 11.2. The molecule has 0 amide bonds. The van der Waals surface area contributed by atoms with Crippen LogP contribution in [0.15, 0.2) is 110 Å². The summed E-state index contributed by atoms with van der Waals surface area (Å²) in [4.78, 5) is 23.0. The number of ether oxygens (including phenoxy) is 4. The number of carbonyl (C=O) groups excluding carboxylic acids is 2. The maximum atomic E-state index is 11.9. The van der Waals surface area contributed by atoms with E-state index in [2.05, 4.69) is 87.7 Å². The summed E-state index contributed by atoms with van der Waals surface area (Å²) in [6, 6.07) is 30.0. The Bertz CT molecular complexity index is 1770. The number of hydrogen-bond donors (Lipinski definition) is 0. The van der Waals surface area contributed by atoms with E-state index in [1.165, 1.54) is 45.5 Å². The van der Waals surface area contributed by atoms with Crippen molar-refractivity contribution in [1.29, 1.82) is 0 Å². The van der Waals surface area contributed by atoms with E-state index in [0.29, 0.717) is 31.3 Å². The van der Waals surface area contributed by atoms with E-state index in [4.69, 9.17) is 18.9 Å². The number of unbranched alkanes of at least 4 members (excludes halogenated alkanes) is 5. The molecule has 0 N–H and O–H groups in total. The fraction of sp³-hybridized carbons (Fsp3) is 0.333. The van der Waals surface area contributed by atoms with Crippen LogP contribution in [-0.2, 0) is 19.1 Å². The van der Waals surface area contributed by atoms with Gasteiger partial charge in [0.2, 0.25) is 6.29 Å². The van der Waals surface area contributed by atoms with Gasteiger partial charge in [0.15, 0.2) is 0 Å². The highest BCUT2D eigenvalue weighted by molar-refractivity contribution is 5.84. The maximum Gasteiger partial charge on any atom is 0.333 e. The van der Waals surface area contributed by atoms with Gasteiger partial charge in [0.05, 0.1) is 13.2 Å². The monoisotopic (exact) mass is 686 g/mol. The Balaban J connectivity index is 1.20. The van der Waals surface area contributed by atoms with Crippen molar-refractivity contribution < 1.29 is 28.5 Å². The van der Waals surface area contributed by atoms with Gasteiger partial charge in [-0.25, -0.2) is 9.59 Å². The fourth-order valence-corrected chi connectivity index (χ4v) is 6.64. The number of esters is 2. The van der Waals surface area contributed by atoms with Crippen LogP contribution < -0.4 is 9.47 Å². The van der Waals surface area contributed by atoms with Crippen LogP contribution in [0.4, 0.5) is 0 Å². The fourth-order valence-electron chi connectivity index (χ4n) is 6.64. The second kappa shape index (κ2) is 18.8. The number of hydrogen-bond acceptors (Lipinski definition) is 6. The minimum atomic E-state index is -0.636. The summed E-state index contributed by atoms with van der Waals surface area (Å²) < 4.78 is 22.5. The molecule has 0 spiro atoms. The number of carbonyl (C=O) groups is 2. The third kappa shape index (κ3) is 10.0. The topological polar surface area (TPSA) is 71.1 Å². The molecule has 6 heteroatoms. The summed E-state index contributed by atoms with van der Waals surface area (Å²) >= 11 is 0. The Hall–Kier alpha value is -5.10. The molecule has 5 rings (SSSR count). The predicted molar refractivity (Wildman–Crippen MR) is 205 cm³/mol. The molecular weight excluding hydrogens is 636 g/mol. The van der Waals surface area contributed by atoms with Crippen LogP contribution in [0.25, 0.3) is 33.4 Å². The van der Waals surface area contributed by atoms with Gasteiger partial charge in [-0.3, -0.25) is 0 Å². The van der Waals surface area contributed by atoms with Gasteiger partial charge in [-0.05, 0) is 119 Å². The van der Waals surface area contributed by atoms with Gasteiger partial charge < -0.3 is 18.9 Å². The summed E-state index contributed by atoms with van der Waals surface area (Å²) in [5.41, 5.74) is 9.96.